The minimum atomic E-state index is -0.180. The first-order valence-electron chi connectivity index (χ1n) is 5.15. The number of rotatable bonds is 4. The maximum atomic E-state index is 11.9. The fraction of sp³-hybridized carbons (Fsp3) is 0.417. The van der Waals surface area contributed by atoms with Crippen LogP contribution >= 0.6 is 39.1 Å². The predicted octanol–water partition coefficient (Wildman–Crippen LogP) is 4.14. The topological polar surface area (TPSA) is 29.1 Å². The molecule has 0 aliphatic heterocycles. The Morgan fingerprint density at radius 3 is 2.59 bits per heavy atom. The van der Waals surface area contributed by atoms with Gasteiger partial charge in [-0.15, -0.1) is 0 Å². The third-order valence-corrected chi connectivity index (χ3v) is 4.33. The highest BCUT2D eigenvalue weighted by atomic mass is 79.9. The number of hydrogen-bond acceptors (Lipinski definition) is 1. The van der Waals surface area contributed by atoms with Gasteiger partial charge in [0, 0.05) is 16.9 Å². The maximum absolute atomic E-state index is 11.9. The van der Waals surface area contributed by atoms with Crippen LogP contribution in [0.2, 0.25) is 10.0 Å². The van der Waals surface area contributed by atoms with Crippen molar-refractivity contribution in [3.63, 3.8) is 0 Å². The molecule has 5 heteroatoms. The molecular formula is C12H14BrCl2NO. The molecule has 1 N–H and O–H groups in total. The summed E-state index contributed by atoms with van der Waals surface area (Å²) >= 11 is 15.1. The van der Waals surface area contributed by atoms with E-state index in [1.165, 1.54) is 0 Å². The van der Waals surface area contributed by atoms with Gasteiger partial charge in [-0.2, -0.15) is 0 Å². The smallest absolute Gasteiger partial charge is 0.252 e. The summed E-state index contributed by atoms with van der Waals surface area (Å²) in [6.07, 6.45) is 0. The number of halogens is 3. The first kappa shape index (κ1) is 14.8. The second-order valence-electron chi connectivity index (χ2n) is 4.60. The zero-order valence-corrected chi connectivity index (χ0v) is 12.8. The van der Waals surface area contributed by atoms with Gasteiger partial charge in [0.1, 0.15) is 0 Å². The zero-order chi connectivity index (χ0) is 13.1. The second-order valence-corrected chi connectivity index (χ2v) is 6.01. The summed E-state index contributed by atoms with van der Waals surface area (Å²) in [5, 5.41) is 4.56. The van der Waals surface area contributed by atoms with Crippen molar-refractivity contribution in [1.82, 2.24) is 5.32 Å². The highest BCUT2D eigenvalue weighted by Crippen LogP contribution is 2.21. The molecule has 1 amide bonds. The largest absolute Gasteiger partial charge is 0.351 e. The fourth-order valence-corrected chi connectivity index (χ4v) is 1.83. The number of alkyl halides is 1. The van der Waals surface area contributed by atoms with Gasteiger partial charge in [-0.05, 0) is 23.6 Å². The molecule has 94 valence electrons. The van der Waals surface area contributed by atoms with Crippen LogP contribution in [0.25, 0.3) is 0 Å². The van der Waals surface area contributed by atoms with Crippen LogP contribution in [0.1, 0.15) is 24.2 Å². The summed E-state index contributed by atoms with van der Waals surface area (Å²) < 4.78 is 0. The van der Waals surface area contributed by atoms with Crippen LogP contribution in [-0.2, 0) is 0 Å². The number of carbonyl (C=O) groups is 1. The van der Waals surface area contributed by atoms with Crippen LogP contribution in [0, 0.1) is 5.41 Å². The van der Waals surface area contributed by atoms with E-state index in [1.807, 2.05) is 0 Å². The number of benzene rings is 1. The Labute approximate surface area is 120 Å². The van der Waals surface area contributed by atoms with Crippen molar-refractivity contribution in [3.8, 4) is 0 Å². The summed E-state index contributed by atoms with van der Waals surface area (Å²) in [4.78, 5) is 11.9. The first-order chi connectivity index (χ1) is 7.85. The molecule has 0 fully saturated rings. The van der Waals surface area contributed by atoms with Crippen molar-refractivity contribution in [1.29, 1.82) is 0 Å². The van der Waals surface area contributed by atoms with Crippen LogP contribution in [-0.4, -0.2) is 17.8 Å². The first-order valence-corrected chi connectivity index (χ1v) is 7.03. The lowest BCUT2D eigenvalue weighted by atomic mass is 9.97. The lowest BCUT2D eigenvalue weighted by Gasteiger charge is -2.22. The molecule has 1 aromatic carbocycles. The van der Waals surface area contributed by atoms with E-state index in [4.69, 9.17) is 23.2 Å². The van der Waals surface area contributed by atoms with Gasteiger partial charge in [0.25, 0.3) is 5.91 Å². The third-order valence-electron chi connectivity index (χ3n) is 2.27. The molecule has 2 nitrogen and oxygen atoms in total. The Bertz CT molecular complexity index is 421. The van der Waals surface area contributed by atoms with Crippen molar-refractivity contribution in [2.75, 3.05) is 11.9 Å². The predicted molar refractivity (Wildman–Crippen MR) is 76.4 cm³/mol. The third kappa shape index (κ3) is 4.49. The van der Waals surface area contributed by atoms with Crippen LogP contribution < -0.4 is 5.32 Å². The molecule has 1 aromatic rings. The number of nitrogens with one attached hydrogen (secondary N) is 1. The fourth-order valence-electron chi connectivity index (χ4n) is 1.14. The van der Waals surface area contributed by atoms with Crippen LogP contribution in [0.5, 0.6) is 0 Å². The molecular weight excluding hydrogens is 325 g/mol. The maximum Gasteiger partial charge on any atom is 0.252 e. The Balaban J connectivity index is 2.71. The van der Waals surface area contributed by atoms with Crippen LogP contribution in [0.3, 0.4) is 0 Å². The van der Waals surface area contributed by atoms with Crippen molar-refractivity contribution in [2.45, 2.75) is 13.8 Å². The lowest BCUT2D eigenvalue weighted by molar-refractivity contribution is 0.0940. The van der Waals surface area contributed by atoms with Crippen LogP contribution in [0.4, 0.5) is 0 Å². The van der Waals surface area contributed by atoms with E-state index in [0.717, 1.165) is 5.33 Å². The molecule has 0 aliphatic carbocycles. The van der Waals surface area contributed by atoms with Gasteiger partial charge in [0.2, 0.25) is 0 Å². The molecule has 17 heavy (non-hydrogen) atoms. The van der Waals surface area contributed by atoms with E-state index in [1.54, 1.807) is 18.2 Å². The number of carbonyl (C=O) groups excluding carboxylic acids is 1. The van der Waals surface area contributed by atoms with Gasteiger partial charge < -0.3 is 5.32 Å². The quantitative estimate of drug-likeness (QED) is 0.821. The van der Waals surface area contributed by atoms with Gasteiger partial charge in [-0.25, -0.2) is 0 Å². The average Bonchev–Trinajstić information content (AvgIpc) is 2.26. The molecule has 0 aliphatic rings. The summed E-state index contributed by atoms with van der Waals surface area (Å²) in [7, 11) is 0. The van der Waals surface area contributed by atoms with Crippen molar-refractivity contribution >= 4 is 45.0 Å². The van der Waals surface area contributed by atoms with Crippen LogP contribution in [0.15, 0.2) is 18.2 Å². The van der Waals surface area contributed by atoms with E-state index in [0.29, 0.717) is 22.2 Å². The Kier molecular flexibility index (Phi) is 5.29. The Hall–Kier alpha value is -0.250. The van der Waals surface area contributed by atoms with Crippen molar-refractivity contribution < 1.29 is 4.79 Å². The van der Waals surface area contributed by atoms with Gasteiger partial charge in [0.15, 0.2) is 0 Å². The number of amides is 1. The molecule has 0 bridgehead atoms. The Morgan fingerprint density at radius 2 is 2.06 bits per heavy atom. The molecule has 0 saturated heterocycles. The molecule has 0 unspecified atom stereocenters. The Morgan fingerprint density at radius 1 is 1.41 bits per heavy atom. The summed E-state index contributed by atoms with van der Waals surface area (Å²) in [5.41, 5.74) is 0.454. The molecule has 0 spiro atoms. The highest BCUT2D eigenvalue weighted by molar-refractivity contribution is 9.09. The normalized spacial score (nSPS) is 11.4. The molecule has 1 rings (SSSR count). The van der Waals surface area contributed by atoms with Gasteiger partial charge in [-0.3, -0.25) is 4.79 Å². The average molecular weight is 339 g/mol. The van der Waals surface area contributed by atoms with Crippen molar-refractivity contribution in [2.24, 2.45) is 5.41 Å². The van der Waals surface area contributed by atoms with E-state index in [9.17, 15) is 4.79 Å². The summed E-state index contributed by atoms with van der Waals surface area (Å²) in [6, 6.07) is 4.84. The molecule has 0 heterocycles. The van der Waals surface area contributed by atoms with E-state index < -0.39 is 0 Å². The van der Waals surface area contributed by atoms with E-state index in [-0.39, 0.29) is 11.3 Å². The monoisotopic (exact) mass is 337 g/mol. The van der Waals surface area contributed by atoms with Gasteiger partial charge >= 0.3 is 0 Å². The SMILES string of the molecule is CC(C)(CBr)CNC(=O)c1ccc(Cl)cc1Cl. The number of hydrogen-bond donors (Lipinski definition) is 1. The summed E-state index contributed by atoms with van der Waals surface area (Å²) in [5.74, 6) is -0.180. The molecule has 0 saturated carbocycles. The highest BCUT2D eigenvalue weighted by Gasteiger charge is 2.18. The minimum Gasteiger partial charge on any atom is -0.351 e. The molecule has 0 aromatic heterocycles. The van der Waals surface area contributed by atoms with Gasteiger partial charge in [0.05, 0.1) is 10.6 Å². The van der Waals surface area contributed by atoms with E-state index >= 15 is 0 Å². The van der Waals surface area contributed by atoms with Gasteiger partial charge in [-0.1, -0.05) is 53.0 Å². The lowest BCUT2D eigenvalue weighted by Crippen LogP contribution is -2.35. The zero-order valence-electron chi connectivity index (χ0n) is 9.69. The standard InChI is InChI=1S/C12H14BrCl2NO/c1-12(2,6-13)7-16-11(17)9-4-3-8(14)5-10(9)15/h3-5H,6-7H2,1-2H3,(H,16,17). The van der Waals surface area contributed by atoms with E-state index in [2.05, 4.69) is 35.1 Å². The summed E-state index contributed by atoms with van der Waals surface area (Å²) in [6.45, 7) is 4.70. The molecule has 0 atom stereocenters. The van der Waals surface area contributed by atoms with Crippen molar-refractivity contribution in [3.05, 3.63) is 33.8 Å². The minimum absolute atomic E-state index is 0.00849. The second kappa shape index (κ2) is 6.07. The molecule has 0 radical (unpaired) electrons.